The van der Waals surface area contributed by atoms with Crippen LogP contribution in [-0.2, 0) is 6.54 Å². The van der Waals surface area contributed by atoms with Crippen LogP contribution in [0.5, 0.6) is 0 Å². The van der Waals surface area contributed by atoms with E-state index in [1.54, 1.807) is 6.07 Å². The zero-order valence-electron chi connectivity index (χ0n) is 16.4. The SMILES string of the molecule is CCNC(=NCc1oc2ccc(F)cc2c1C)N1CCC(N2CC=CC2)C1.I. The van der Waals surface area contributed by atoms with E-state index in [4.69, 9.17) is 9.41 Å². The first-order valence-electron chi connectivity index (χ1n) is 9.75. The molecule has 28 heavy (non-hydrogen) atoms. The van der Waals surface area contributed by atoms with Gasteiger partial charge in [0.2, 0.25) is 0 Å². The molecule has 4 rings (SSSR count). The number of nitrogens with zero attached hydrogens (tertiary/aromatic N) is 3. The summed E-state index contributed by atoms with van der Waals surface area (Å²) in [6, 6.07) is 5.23. The van der Waals surface area contributed by atoms with E-state index in [2.05, 4.69) is 34.2 Å². The number of aryl methyl sites for hydroxylation is 1. The number of guanidine groups is 1. The lowest BCUT2D eigenvalue weighted by atomic mass is 10.1. The number of benzene rings is 1. The molecular weight excluding hydrogens is 470 g/mol. The van der Waals surface area contributed by atoms with Crippen LogP contribution in [0, 0.1) is 12.7 Å². The van der Waals surface area contributed by atoms with Crippen LogP contribution >= 0.6 is 24.0 Å². The van der Waals surface area contributed by atoms with Crippen LogP contribution in [0.3, 0.4) is 0 Å². The lowest BCUT2D eigenvalue weighted by Crippen LogP contribution is -2.42. The van der Waals surface area contributed by atoms with Gasteiger partial charge in [-0.25, -0.2) is 9.38 Å². The second-order valence-electron chi connectivity index (χ2n) is 7.27. The molecule has 1 aromatic carbocycles. The molecule has 5 nitrogen and oxygen atoms in total. The van der Waals surface area contributed by atoms with Crippen molar-refractivity contribution in [1.82, 2.24) is 15.1 Å². The molecule has 2 aromatic rings. The Morgan fingerprint density at radius 2 is 2.11 bits per heavy atom. The molecule has 1 saturated heterocycles. The first-order valence-corrected chi connectivity index (χ1v) is 9.75. The van der Waals surface area contributed by atoms with E-state index in [0.717, 1.165) is 61.8 Å². The summed E-state index contributed by atoms with van der Waals surface area (Å²) in [4.78, 5) is 9.67. The third-order valence-corrected chi connectivity index (χ3v) is 5.53. The zero-order chi connectivity index (χ0) is 18.8. The van der Waals surface area contributed by atoms with Crippen LogP contribution in [0.1, 0.15) is 24.7 Å². The van der Waals surface area contributed by atoms with E-state index in [1.165, 1.54) is 12.1 Å². The van der Waals surface area contributed by atoms with Crippen LogP contribution in [0.15, 0.2) is 39.8 Å². The van der Waals surface area contributed by atoms with Crippen molar-refractivity contribution in [3.8, 4) is 0 Å². The van der Waals surface area contributed by atoms with Crippen molar-refractivity contribution >= 4 is 40.9 Å². The Bertz CT molecular complexity index is 871. The molecule has 2 aliphatic heterocycles. The number of hydrogen-bond acceptors (Lipinski definition) is 3. The lowest BCUT2D eigenvalue weighted by molar-refractivity contribution is 0.259. The van der Waals surface area contributed by atoms with Gasteiger partial charge in [-0.05, 0) is 38.5 Å². The van der Waals surface area contributed by atoms with Crippen molar-refractivity contribution in [3.63, 3.8) is 0 Å². The standard InChI is InChI=1S/C21H27FN4O.HI/c1-3-23-21(26-11-8-17(14-26)25-9-4-5-10-25)24-13-20-15(2)18-12-16(22)6-7-19(18)27-20;/h4-7,12,17H,3,8-11,13-14H2,1-2H3,(H,23,24);1H. The molecule has 0 radical (unpaired) electrons. The smallest absolute Gasteiger partial charge is 0.194 e. The Labute approximate surface area is 182 Å². The molecule has 7 heteroatoms. The number of furan rings is 1. The molecule has 1 fully saturated rings. The highest BCUT2D eigenvalue weighted by Crippen LogP contribution is 2.26. The van der Waals surface area contributed by atoms with Crippen LogP contribution in [0.4, 0.5) is 4.39 Å². The minimum atomic E-state index is -0.241. The van der Waals surface area contributed by atoms with Gasteiger partial charge in [0.15, 0.2) is 5.96 Å². The topological polar surface area (TPSA) is 44.0 Å². The van der Waals surface area contributed by atoms with Gasteiger partial charge in [-0.1, -0.05) is 12.2 Å². The zero-order valence-corrected chi connectivity index (χ0v) is 18.8. The Balaban J connectivity index is 0.00000225. The van der Waals surface area contributed by atoms with Crippen LogP contribution in [0.2, 0.25) is 0 Å². The maximum atomic E-state index is 13.5. The largest absolute Gasteiger partial charge is 0.459 e. The molecule has 0 aliphatic carbocycles. The van der Waals surface area contributed by atoms with Crippen molar-refractivity contribution in [3.05, 3.63) is 47.5 Å². The molecule has 1 aromatic heterocycles. The van der Waals surface area contributed by atoms with E-state index in [1.807, 2.05) is 6.92 Å². The van der Waals surface area contributed by atoms with Gasteiger partial charge in [0, 0.05) is 49.7 Å². The average Bonchev–Trinajstić information content (AvgIpc) is 3.40. The molecule has 3 heterocycles. The molecule has 152 valence electrons. The van der Waals surface area contributed by atoms with Crippen molar-refractivity contribution < 1.29 is 8.81 Å². The van der Waals surface area contributed by atoms with Gasteiger partial charge in [-0.3, -0.25) is 4.90 Å². The van der Waals surface area contributed by atoms with Crippen molar-refractivity contribution in [1.29, 1.82) is 0 Å². The van der Waals surface area contributed by atoms with E-state index in [0.29, 0.717) is 18.2 Å². The summed E-state index contributed by atoms with van der Waals surface area (Å²) in [6.07, 6.45) is 5.65. The Morgan fingerprint density at radius 3 is 2.86 bits per heavy atom. The number of hydrogen-bond donors (Lipinski definition) is 1. The van der Waals surface area contributed by atoms with Crippen LogP contribution in [0.25, 0.3) is 11.0 Å². The number of rotatable bonds is 4. The Morgan fingerprint density at radius 1 is 1.32 bits per heavy atom. The van der Waals surface area contributed by atoms with Crippen molar-refractivity contribution in [2.24, 2.45) is 4.99 Å². The molecule has 0 saturated carbocycles. The number of halogens is 2. The first-order chi connectivity index (χ1) is 13.2. The maximum absolute atomic E-state index is 13.5. The van der Waals surface area contributed by atoms with Crippen molar-refractivity contribution in [2.75, 3.05) is 32.7 Å². The number of aliphatic imine (C=N–C) groups is 1. The third kappa shape index (κ3) is 4.35. The van der Waals surface area contributed by atoms with Crippen LogP contribution in [-0.4, -0.2) is 54.5 Å². The van der Waals surface area contributed by atoms with E-state index in [-0.39, 0.29) is 29.8 Å². The first kappa shape index (κ1) is 21.1. The highest BCUT2D eigenvalue weighted by Gasteiger charge is 2.29. The highest BCUT2D eigenvalue weighted by molar-refractivity contribution is 14.0. The minimum Gasteiger partial charge on any atom is -0.459 e. The second kappa shape index (κ2) is 9.26. The summed E-state index contributed by atoms with van der Waals surface area (Å²) >= 11 is 0. The minimum absolute atomic E-state index is 0. The number of nitrogens with one attached hydrogen (secondary N) is 1. The fourth-order valence-electron chi connectivity index (χ4n) is 3.99. The van der Waals surface area contributed by atoms with Gasteiger partial charge >= 0.3 is 0 Å². The molecule has 2 aliphatic rings. The quantitative estimate of drug-likeness (QED) is 0.301. The molecule has 0 bridgehead atoms. The van der Waals surface area contributed by atoms with Gasteiger partial charge in [-0.15, -0.1) is 24.0 Å². The van der Waals surface area contributed by atoms with Gasteiger partial charge < -0.3 is 14.6 Å². The third-order valence-electron chi connectivity index (χ3n) is 5.53. The van der Waals surface area contributed by atoms with Gasteiger partial charge in [0.05, 0.1) is 0 Å². The number of fused-ring (bicyclic) bond motifs is 1. The second-order valence-corrected chi connectivity index (χ2v) is 7.27. The molecule has 0 amide bonds. The Kier molecular flexibility index (Phi) is 6.98. The van der Waals surface area contributed by atoms with Gasteiger partial charge in [-0.2, -0.15) is 0 Å². The van der Waals surface area contributed by atoms with Crippen molar-refractivity contribution in [2.45, 2.75) is 32.9 Å². The highest BCUT2D eigenvalue weighted by atomic mass is 127. The molecular formula is C21H28FIN4O. The summed E-state index contributed by atoms with van der Waals surface area (Å²) in [5.41, 5.74) is 1.68. The lowest BCUT2D eigenvalue weighted by Gasteiger charge is -2.25. The van der Waals surface area contributed by atoms with E-state index < -0.39 is 0 Å². The van der Waals surface area contributed by atoms with Gasteiger partial charge in [0.25, 0.3) is 0 Å². The summed E-state index contributed by atoms with van der Waals surface area (Å²) in [7, 11) is 0. The summed E-state index contributed by atoms with van der Waals surface area (Å²) < 4.78 is 19.4. The normalized spacial score (nSPS) is 20.2. The van der Waals surface area contributed by atoms with E-state index >= 15 is 0 Å². The fraction of sp³-hybridized carbons (Fsp3) is 0.476. The monoisotopic (exact) mass is 498 g/mol. The van der Waals surface area contributed by atoms with E-state index in [9.17, 15) is 4.39 Å². The van der Waals surface area contributed by atoms with Gasteiger partial charge in [0.1, 0.15) is 23.7 Å². The molecule has 1 atom stereocenters. The summed E-state index contributed by atoms with van der Waals surface area (Å²) in [5.74, 6) is 1.48. The maximum Gasteiger partial charge on any atom is 0.194 e. The fourth-order valence-corrected chi connectivity index (χ4v) is 3.99. The molecule has 1 unspecified atom stereocenters. The summed E-state index contributed by atoms with van der Waals surface area (Å²) in [6.45, 7) is 9.46. The Hall–Kier alpha value is -1.61. The predicted octanol–water partition coefficient (Wildman–Crippen LogP) is 3.91. The average molecular weight is 498 g/mol. The summed E-state index contributed by atoms with van der Waals surface area (Å²) in [5, 5.41) is 4.24. The molecule has 1 N–H and O–H groups in total. The van der Waals surface area contributed by atoms with Crippen LogP contribution < -0.4 is 5.32 Å². The number of likely N-dealkylation sites (tertiary alicyclic amines) is 1. The predicted molar refractivity (Wildman–Crippen MR) is 122 cm³/mol. The molecule has 0 spiro atoms.